The summed E-state index contributed by atoms with van der Waals surface area (Å²) in [6.07, 6.45) is 3.59. The summed E-state index contributed by atoms with van der Waals surface area (Å²) in [5.74, 6) is 1.66. The van der Waals surface area contributed by atoms with Gasteiger partial charge >= 0.3 is 0 Å². The van der Waals surface area contributed by atoms with Gasteiger partial charge in [0.25, 0.3) is 0 Å². The van der Waals surface area contributed by atoms with Crippen molar-refractivity contribution in [2.45, 2.75) is 0 Å². The van der Waals surface area contributed by atoms with Gasteiger partial charge in [0, 0.05) is 43.8 Å². The number of hydrogen-bond acceptors (Lipinski definition) is 3. The maximum absolute atomic E-state index is 6.01. The molecule has 5 aromatic rings. The molecule has 3 heterocycles. The minimum Gasteiger partial charge on any atom is -0.501 e. The van der Waals surface area contributed by atoms with Crippen molar-refractivity contribution in [1.29, 1.82) is 0 Å². The zero-order valence-electron chi connectivity index (χ0n) is 17.0. The molecule has 6 rings (SSSR count). The molecule has 0 unspecified atom stereocenters. The molecule has 0 N–H and O–H groups in total. The first-order valence-corrected chi connectivity index (χ1v) is 10.0. The second kappa shape index (κ2) is 10.1. The van der Waals surface area contributed by atoms with Gasteiger partial charge in [-0.25, -0.2) is 0 Å². The Morgan fingerprint density at radius 1 is 0.594 bits per heavy atom. The van der Waals surface area contributed by atoms with Crippen molar-refractivity contribution < 1.29 is 24.8 Å². The van der Waals surface area contributed by atoms with Crippen molar-refractivity contribution in [3.63, 3.8) is 0 Å². The molecule has 0 bridgehead atoms. The normalized spacial score (nSPS) is 10.5. The fourth-order valence-corrected chi connectivity index (χ4v) is 3.48. The minimum atomic E-state index is 0. The van der Waals surface area contributed by atoms with E-state index in [4.69, 9.17) is 4.74 Å². The number of aromatic nitrogens is 2. The standard InChI is InChI=1S/C17H10NO.C11H8N.Ir/c1-3-9-15-12(6-1)13-8-5-11-18-17(13)14-7-2-4-10-16(14)19-15;1-2-6-10(7-3-1)11-8-4-5-9-12-11;/h1-6,8-11H;1-6,8-9H;/q2*-1;. The first-order valence-electron chi connectivity index (χ1n) is 10.0. The molecule has 0 amide bonds. The first-order chi connectivity index (χ1) is 15.4. The van der Waals surface area contributed by atoms with Gasteiger partial charge in [-0.05, 0) is 35.2 Å². The number of nitrogens with zero attached hydrogens (tertiary/aromatic N) is 2. The molecule has 0 aliphatic carbocycles. The van der Waals surface area contributed by atoms with Crippen molar-refractivity contribution in [3.8, 4) is 45.1 Å². The van der Waals surface area contributed by atoms with Crippen LogP contribution in [0.5, 0.6) is 11.5 Å². The van der Waals surface area contributed by atoms with Crippen LogP contribution < -0.4 is 4.74 Å². The van der Waals surface area contributed by atoms with Crippen LogP contribution in [0.25, 0.3) is 33.6 Å². The van der Waals surface area contributed by atoms with E-state index in [-0.39, 0.29) is 20.1 Å². The van der Waals surface area contributed by atoms with Crippen LogP contribution in [0, 0.1) is 12.1 Å². The van der Waals surface area contributed by atoms with Crippen molar-refractivity contribution in [3.05, 3.63) is 122 Å². The average molecular weight is 591 g/mol. The molecule has 3 nitrogen and oxygen atoms in total. The molecule has 32 heavy (non-hydrogen) atoms. The fraction of sp³-hybridized carbons (Fsp3) is 0. The Morgan fingerprint density at radius 2 is 1.34 bits per heavy atom. The van der Waals surface area contributed by atoms with Gasteiger partial charge in [0.15, 0.2) is 0 Å². The van der Waals surface area contributed by atoms with E-state index in [1.165, 1.54) is 0 Å². The summed E-state index contributed by atoms with van der Waals surface area (Å²) < 4.78 is 6.01. The van der Waals surface area contributed by atoms with Crippen LogP contribution in [-0.4, -0.2) is 9.97 Å². The van der Waals surface area contributed by atoms with Crippen molar-refractivity contribution in [2.75, 3.05) is 0 Å². The van der Waals surface area contributed by atoms with Gasteiger partial charge in [0.05, 0.1) is 0 Å². The quantitative estimate of drug-likeness (QED) is 0.196. The average Bonchev–Trinajstić information content (AvgIpc) is 3.00. The van der Waals surface area contributed by atoms with Crippen LogP contribution >= 0.6 is 0 Å². The zero-order chi connectivity index (χ0) is 20.9. The maximum atomic E-state index is 6.01. The topological polar surface area (TPSA) is 35.0 Å². The molecule has 1 aliphatic rings. The molecule has 4 heteroatoms. The van der Waals surface area contributed by atoms with E-state index in [0.29, 0.717) is 0 Å². The number of para-hydroxylation sites is 1. The van der Waals surface area contributed by atoms with E-state index in [1.54, 1.807) is 12.4 Å². The summed E-state index contributed by atoms with van der Waals surface area (Å²) in [6.45, 7) is 0. The number of rotatable bonds is 1. The number of fused-ring (bicyclic) bond motifs is 5. The van der Waals surface area contributed by atoms with Crippen LogP contribution in [0.3, 0.4) is 0 Å². The summed E-state index contributed by atoms with van der Waals surface area (Å²) in [6, 6.07) is 37.9. The monoisotopic (exact) mass is 591 g/mol. The van der Waals surface area contributed by atoms with Crippen LogP contribution in [0.15, 0.2) is 109 Å². The summed E-state index contributed by atoms with van der Waals surface area (Å²) in [5.41, 5.74) is 5.99. The molecular weight excluding hydrogens is 573 g/mol. The summed E-state index contributed by atoms with van der Waals surface area (Å²) in [4.78, 5) is 8.73. The summed E-state index contributed by atoms with van der Waals surface area (Å²) >= 11 is 0. The Hall–Kier alpha value is -3.59. The Balaban J connectivity index is 0.000000164. The van der Waals surface area contributed by atoms with E-state index in [1.807, 2.05) is 84.9 Å². The Kier molecular flexibility index (Phi) is 6.86. The van der Waals surface area contributed by atoms with Gasteiger partial charge in [0.2, 0.25) is 0 Å². The van der Waals surface area contributed by atoms with Gasteiger partial charge in [-0.15, -0.1) is 60.2 Å². The van der Waals surface area contributed by atoms with Crippen LogP contribution in [0.4, 0.5) is 0 Å². The third-order valence-electron chi connectivity index (χ3n) is 4.91. The van der Waals surface area contributed by atoms with E-state index in [9.17, 15) is 0 Å². The van der Waals surface area contributed by atoms with E-state index >= 15 is 0 Å². The van der Waals surface area contributed by atoms with E-state index < -0.39 is 0 Å². The smallest absolute Gasteiger partial charge is 0.121 e. The van der Waals surface area contributed by atoms with Crippen LogP contribution in [0.2, 0.25) is 0 Å². The Morgan fingerprint density at radius 3 is 2.19 bits per heavy atom. The molecule has 0 fully saturated rings. The minimum absolute atomic E-state index is 0. The number of ether oxygens (including phenoxy) is 1. The van der Waals surface area contributed by atoms with Crippen LogP contribution in [0.1, 0.15) is 0 Å². The molecule has 157 valence electrons. The van der Waals surface area contributed by atoms with E-state index in [0.717, 1.165) is 45.1 Å². The Bertz CT molecular complexity index is 1210. The molecule has 0 saturated carbocycles. The van der Waals surface area contributed by atoms with Gasteiger partial charge in [-0.1, -0.05) is 42.0 Å². The molecule has 1 radical (unpaired) electrons. The predicted octanol–water partition coefficient (Wildman–Crippen LogP) is 6.87. The summed E-state index contributed by atoms with van der Waals surface area (Å²) in [7, 11) is 0. The number of hydrogen-bond donors (Lipinski definition) is 0. The number of pyridine rings is 2. The third-order valence-corrected chi connectivity index (χ3v) is 4.91. The van der Waals surface area contributed by atoms with Gasteiger partial charge in [-0.2, -0.15) is 0 Å². The molecule has 1 aliphatic heterocycles. The second-order valence-electron chi connectivity index (χ2n) is 6.90. The van der Waals surface area contributed by atoms with Gasteiger partial charge in [-0.3, -0.25) is 0 Å². The van der Waals surface area contributed by atoms with Crippen molar-refractivity contribution in [2.24, 2.45) is 0 Å². The van der Waals surface area contributed by atoms with Crippen molar-refractivity contribution in [1.82, 2.24) is 9.97 Å². The van der Waals surface area contributed by atoms with E-state index in [2.05, 4.69) is 34.2 Å². The number of benzene rings is 3. The zero-order valence-corrected chi connectivity index (χ0v) is 19.4. The molecule has 0 spiro atoms. The summed E-state index contributed by atoms with van der Waals surface area (Å²) in [5, 5.41) is 0. The SMILES string of the molecule is [Ir].[c-]1cccc2c1-c1ncccc1-c1ccccc1O2.[c-]1ccccc1-c1ccccn1. The van der Waals surface area contributed by atoms with Gasteiger partial charge in [0.1, 0.15) is 5.75 Å². The van der Waals surface area contributed by atoms with Crippen LogP contribution in [-0.2, 0) is 20.1 Å². The third kappa shape index (κ3) is 4.52. The van der Waals surface area contributed by atoms with Crippen molar-refractivity contribution >= 4 is 0 Å². The van der Waals surface area contributed by atoms with Gasteiger partial charge < -0.3 is 14.7 Å². The fourth-order valence-electron chi connectivity index (χ4n) is 3.48. The first kappa shape index (κ1) is 21.6. The molecular formula is C28H18IrN2O-2. The molecule has 0 atom stereocenters. The second-order valence-corrected chi connectivity index (χ2v) is 6.90. The Labute approximate surface area is 201 Å². The molecule has 0 saturated heterocycles. The molecule has 2 aromatic heterocycles. The maximum Gasteiger partial charge on any atom is 0.121 e. The largest absolute Gasteiger partial charge is 0.501 e. The molecule has 3 aromatic carbocycles. The predicted molar refractivity (Wildman–Crippen MR) is 123 cm³/mol.